The van der Waals surface area contributed by atoms with Gasteiger partial charge in [0, 0.05) is 5.02 Å². The van der Waals surface area contributed by atoms with Crippen LogP contribution in [-0.2, 0) is 0 Å². The van der Waals surface area contributed by atoms with Crippen LogP contribution in [0.4, 0.5) is 0 Å². The monoisotopic (exact) mass is 180 g/mol. The fourth-order valence-corrected chi connectivity index (χ4v) is 1.57. The highest BCUT2D eigenvalue weighted by molar-refractivity contribution is 6.68. The summed E-state index contributed by atoms with van der Waals surface area (Å²) in [6.45, 7) is -0.302. The second kappa shape index (κ2) is 3.12. The molecule has 1 fully saturated rings. The molecule has 62 valence electrons. The molecule has 2 rings (SSSR count). The van der Waals surface area contributed by atoms with E-state index in [4.69, 9.17) is 11.6 Å². The molecule has 12 heavy (non-hydrogen) atoms. The molecule has 0 heterocycles. The van der Waals surface area contributed by atoms with Crippen LogP contribution in [0.1, 0.15) is 12.8 Å². The fraction of sp³-hybridized carbons (Fsp3) is 0.333. The van der Waals surface area contributed by atoms with E-state index in [9.17, 15) is 5.02 Å². The maximum Gasteiger partial charge on any atom is 0.326 e. The van der Waals surface area contributed by atoms with E-state index in [1.807, 2.05) is 24.3 Å². The van der Waals surface area contributed by atoms with Crippen LogP contribution in [0, 0.1) is 0 Å². The smallest absolute Gasteiger partial charge is 0.326 e. The number of benzene rings is 1. The predicted octanol–water partition coefficient (Wildman–Crippen LogP) is 1.69. The Bertz CT molecular complexity index is 286. The van der Waals surface area contributed by atoms with Crippen LogP contribution in [-0.4, -0.2) is 11.9 Å². The highest BCUT2D eigenvalue weighted by atomic mass is 35.5. The van der Waals surface area contributed by atoms with Crippen molar-refractivity contribution in [2.24, 2.45) is 0 Å². The highest BCUT2D eigenvalue weighted by Gasteiger charge is 2.34. The average Bonchev–Trinajstić information content (AvgIpc) is 2.85. The van der Waals surface area contributed by atoms with Gasteiger partial charge in [0.05, 0.1) is 0 Å². The van der Waals surface area contributed by atoms with Gasteiger partial charge < -0.3 is 5.02 Å². The first-order chi connectivity index (χ1) is 5.77. The van der Waals surface area contributed by atoms with Crippen molar-refractivity contribution in [2.45, 2.75) is 18.7 Å². The second-order valence-electron chi connectivity index (χ2n) is 3.34. The van der Waals surface area contributed by atoms with Crippen molar-refractivity contribution < 1.29 is 5.02 Å². The van der Waals surface area contributed by atoms with Crippen LogP contribution in [0.3, 0.4) is 0 Å². The Morgan fingerprint density at radius 2 is 2.17 bits per heavy atom. The summed E-state index contributed by atoms with van der Waals surface area (Å²) < 4.78 is 0. The van der Waals surface area contributed by atoms with Gasteiger partial charge in [-0.2, -0.15) is 0 Å². The predicted molar refractivity (Wildman–Crippen MR) is 52.0 cm³/mol. The van der Waals surface area contributed by atoms with Crippen LogP contribution >= 0.6 is 11.6 Å². The minimum absolute atomic E-state index is 0.302. The lowest BCUT2D eigenvalue weighted by Crippen LogP contribution is -2.30. The molecule has 1 nitrogen and oxygen atoms in total. The van der Waals surface area contributed by atoms with E-state index in [0.29, 0.717) is 10.8 Å². The summed E-state index contributed by atoms with van der Waals surface area (Å²) in [5.74, 6) is 0.475. The molecular weight excluding hydrogens is 170 g/mol. The van der Waals surface area contributed by atoms with Gasteiger partial charge in [-0.3, -0.25) is 0 Å². The number of hydrogen-bond acceptors (Lipinski definition) is 1. The van der Waals surface area contributed by atoms with Crippen LogP contribution in [0.15, 0.2) is 24.3 Å². The van der Waals surface area contributed by atoms with E-state index >= 15 is 0 Å². The molecule has 0 amide bonds. The first kappa shape index (κ1) is 8.15. The molecular formula is C9H10BClO. The summed E-state index contributed by atoms with van der Waals surface area (Å²) in [7, 11) is 0. The molecule has 0 atom stereocenters. The van der Waals surface area contributed by atoms with Crippen molar-refractivity contribution in [1.29, 1.82) is 0 Å². The molecule has 1 aromatic rings. The standard InChI is InChI=1S/C9H10BClO/c11-9-3-1-2-8(6-9)10(12)7-4-5-7/h1-3,6-7,12H,4-5H2. The van der Waals surface area contributed by atoms with Crippen LogP contribution in [0.25, 0.3) is 0 Å². The van der Waals surface area contributed by atoms with Gasteiger partial charge >= 0.3 is 6.92 Å². The Morgan fingerprint density at radius 3 is 2.75 bits per heavy atom. The number of halogens is 1. The van der Waals surface area contributed by atoms with Crippen molar-refractivity contribution in [3.05, 3.63) is 29.3 Å². The Morgan fingerprint density at radius 1 is 1.42 bits per heavy atom. The molecule has 0 aliphatic heterocycles. The molecule has 0 radical (unpaired) electrons. The molecule has 1 aromatic carbocycles. The summed E-state index contributed by atoms with van der Waals surface area (Å²) in [5, 5.41) is 10.4. The molecule has 0 bridgehead atoms. The minimum atomic E-state index is -0.302. The molecule has 1 aliphatic rings. The molecule has 0 aromatic heterocycles. The van der Waals surface area contributed by atoms with Crippen LogP contribution < -0.4 is 5.46 Å². The quantitative estimate of drug-likeness (QED) is 0.687. The topological polar surface area (TPSA) is 20.2 Å². The van der Waals surface area contributed by atoms with Crippen molar-refractivity contribution in [3.63, 3.8) is 0 Å². The highest BCUT2D eigenvalue weighted by Crippen LogP contribution is 2.37. The van der Waals surface area contributed by atoms with Gasteiger partial charge in [-0.1, -0.05) is 36.6 Å². The zero-order chi connectivity index (χ0) is 8.55. The van der Waals surface area contributed by atoms with E-state index in [-0.39, 0.29) is 6.92 Å². The van der Waals surface area contributed by atoms with Gasteiger partial charge in [-0.25, -0.2) is 0 Å². The Labute approximate surface area is 77.5 Å². The van der Waals surface area contributed by atoms with Gasteiger partial charge in [0.25, 0.3) is 0 Å². The molecule has 3 heteroatoms. The van der Waals surface area contributed by atoms with Gasteiger partial charge in [0.2, 0.25) is 0 Å². The lowest BCUT2D eigenvalue weighted by molar-refractivity contribution is 0.582. The Hall–Kier alpha value is -0.465. The van der Waals surface area contributed by atoms with Crippen molar-refractivity contribution in [2.75, 3.05) is 0 Å². The lowest BCUT2D eigenvalue weighted by Gasteiger charge is -2.04. The molecule has 1 N–H and O–H groups in total. The van der Waals surface area contributed by atoms with Crippen LogP contribution in [0.5, 0.6) is 0 Å². The Kier molecular flexibility index (Phi) is 2.12. The van der Waals surface area contributed by atoms with Gasteiger partial charge in [-0.05, 0) is 23.4 Å². The fourth-order valence-electron chi connectivity index (χ4n) is 1.37. The van der Waals surface area contributed by atoms with E-state index in [0.717, 1.165) is 18.3 Å². The average molecular weight is 180 g/mol. The van der Waals surface area contributed by atoms with E-state index in [2.05, 4.69) is 0 Å². The van der Waals surface area contributed by atoms with Crippen molar-refractivity contribution in [1.82, 2.24) is 0 Å². The van der Waals surface area contributed by atoms with E-state index in [1.165, 1.54) is 0 Å². The molecule has 1 aliphatic carbocycles. The van der Waals surface area contributed by atoms with Gasteiger partial charge in [0.15, 0.2) is 0 Å². The second-order valence-corrected chi connectivity index (χ2v) is 3.77. The largest absolute Gasteiger partial charge is 0.446 e. The third kappa shape index (κ3) is 1.65. The third-order valence-corrected chi connectivity index (χ3v) is 2.49. The summed E-state index contributed by atoms with van der Waals surface area (Å²) in [6.07, 6.45) is 2.29. The maximum absolute atomic E-state index is 9.73. The van der Waals surface area contributed by atoms with E-state index in [1.54, 1.807) is 0 Å². The summed E-state index contributed by atoms with van der Waals surface area (Å²) in [4.78, 5) is 0. The van der Waals surface area contributed by atoms with Gasteiger partial charge in [-0.15, -0.1) is 0 Å². The Balaban J connectivity index is 2.20. The van der Waals surface area contributed by atoms with Crippen molar-refractivity contribution >= 4 is 24.0 Å². The minimum Gasteiger partial charge on any atom is -0.446 e. The number of hydrogen-bond donors (Lipinski definition) is 1. The summed E-state index contributed by atoms with van der Waals surface area (Å²) in [5.41, 5.74) is 0.949. The maximum atomic E-state index is 9.73. The molecule has 0 unspecified atom stereocenters. The van der Waals surface area contributed by atoms with E-state index < -0.39 is 0 Å². The van der Waals surface area contributed by atoms with Gasteiger partial charge in [0.1, 0.15) is 0 Å². The SMILES string of the molecule is OB(c1cccc(Cl)c1)C1CC1. The molecule has 0 spiro atoms. The number of rotatable bonds is 2. The molecule has 0 saturated heterocycles. The lowest BCUT2D eigenvalue weighted by atomic mass is 9.57. The zero-order valence-corrected chi connectivity index (χ0v) is 7.46. The first-order valence-corrected chi connectivity index (χ1v) is 4.59. The summed E-state index contributed by atoms with van der Waals surface area (Å²) >= 11 is 5.80. The van der Waals surface area contributed by atoms with Crippen molar-refractivity contribution in [3.8, 4) is 0 Å². The van der Waals surface area contributed by atoms with Crippen LogP contribution in [0.2, 0.25) is 10.8 Å². The third-order valence-electron chi connectivity index (χ3n) is 2.26. The summed E-state index contributed by atoms with van der Waals surface area (Å²) in [6, 6.07) is 7.47. The first-order valence-electron chi connectivity index (χ1n) is 4.21. The zero-order valence-electron chi connectivity index (χ0n) is 6.70. The normalized spacial score (nSPS) is 16.2. The molecule has 1 saturated carbocycles.